The van der Waals surface area contributed by atoms with Crippen molar-refractivity contribution in [1.29, 1.82) is 0 Å². The lowest BCUT2D eigenvalue weighted by atomic mass is 9.80. The van der Waals surface area contributed by atoms with Gasteiger partial charge in [-0.05, 0) is 47.6 Å². The second kappa shape index (κ2) is 5.99. The number of benzene rings is 2. The molecule has 104 valence electrons. The normalized spacial score (nSPS) is 16.7. The topological polar surface area (TPSA) is 20.2 Å². The summed E-state index contributed by atoms with van der Waals surface area (Å²) in [6.45, 7) is 0. The lowest BCUT2D eigenvalue weighted by Gasteiger charge is -2.26. The highest BCUT2D eigenvalue weighted by Crippen LogP contribution is 2.36. The van der Waals surface area contributed by atoms with E-state index in [0.29, 0.717) is 6.42 Å². The van der Waals surface area contributed by atoms with Crippen molar-refractivity contribution in [2.24, 2.45) is 0 Å². The van der Waals surface area contributed by atoms with Gasteiger partial charge >= 0.3 is 0 Å². The molecule has 1 atom stereocenters. The van der Waals surface area contributed by atoms with Crippen LogP contribution < -0.4 is 0 Å². The first-order valence-electron chi connectivity index (χ1n) is 7.25. The molecule has 1 nitrogen and oxygen atoms in total. The molecule has 0 radical (unpaired) electrons. The summed E-state index contributed by atoms with van der Waals surface area (Å²) in [6.07, 6.45) is 4.15. The van der Waals surface area contributed by atoms with E-state index in [1.807, 2.05) is 24.3 Å². The first-order valence-corrected chi connectivity index (χ1v) is 7.62. The van der Waals surface area contributed by atoms with E-state index in [1.165, 1.54) is 24.8 Å². The summed E-state index contributed by atoms with van der Waals surface area (Å²) in [7, 11) is 0. The first-order chi connectivity index (χ1) is 9.72. The van der Waals surface area contributed by atoms with Gasteiger partial charge in [0.2, 0.25) is 0 Å². The van der Waals surface area contributed by atoms with Crippen molar-refractivity contribution in [3.8, 4) is 0 Å². The van der Waals surface area contributed by atoms with Gasteiger partial charge in [0.1, 0.15) is 0 Å². The minimum absolute atomic E-state index is 0.452. The van der Waals surface area contributed by atoms with Crippen molar-refractivity contribution in [1.82, 2.24) is 0 Å². The van der Waals surface area contributed by atoms with Gasteiger partial charge in [-0.2, -0.15) is 0 Å². The van der Waals surface area contributed by atoms with E-state index in [4.69, 9.17) is 11.6 Å². The van der Waals surface area contributed by atoms with Crippen molar-refractivity contribution in [3.05, 3.63) is 70.2 Å². The molecule has 3 rings (SSSR count). The van der Waals surface area contributed by atoms with Crippen molar-refractivity contribution in [3.63, 3.8) is 0 Å². The zero-order chi connectivity index (χ0) is 13.9. The van der Waals surface area contributed by atoms with Crippen LogP contribution in [0, 0.1) is 0 Å². The Labute approximate surface area is 125 Å². The van der Waals surface area contributed by atoms with E-state index >= 15 is 0 Å². The summed E-state index contributed by atoms with van der Waals surface area (Å²) in [6, 6.07) is 16.1. The Bertz CT molecular complexity index is 555. The van der Waals surface area contributed by atoms with Gasteiger partial charge in [0.15, 0.2) is 0 Å². The highest BCUT2D eigenvalue weighted by atomic mass is 35.5. The van der Waals surface area contributed by atoms with E-state index in [1.54, 1.807) is 0 Å². The second-order valence-corrected chi connectivity index (χ2v) is 6.08. The molecule has 2 aromatic rings. The van der Waals surface area contributed by atoms with Crippen LogP contribution in [0.1, 0.15) is 48.0 Å². The van der Waals surface area contributed by atoms with Crippen molar-refractivity contribution in [2.75, 3.05) is 0 Å². The standard InChI is InChI=1S/C18H19ClO/c19-17-10-4-13(5-11-17)12-18(20)16-8-6-15(7-9-16)14-2-1-3-14/h4-11,14,18,20H,1-3,12H2. The Morgan fingerprint density at radius 2 is 1.65 bits per heavy atom. The Morgan fingerprint density at radius 1 is 1.00 bits per heavy atom. The van der Waals surface area contributed by atoms with Gasteiger partial charge in [-0.15, -0.1) is 0 Å². The lowest BCUT2D eigenvalue weighted by Crippen LogP contribution is -2.09. The molecule has 2 aromatic carbocycles. The number of halogens is 1. The molecule has 0 spiro atoms. The minimum atomic E-state index is -0.452. The molecular formula is C18H19ClO. The highest BCUT2D eigenvalue weighted by Gasteiger charge is 2.19. The van der Waals surface area contributed by atoms with Gasteiger partial charge in [-0.3, -0.25) is 0 Å². The number of aliphatic hydroxyl groups excluding tert-OH is 1. The maximum absolute atomic E-state index is 10.3. The van der Waals surface area contributed by atoms with Crippen LogP contribution in [0.2, 0.25) is 5.02 Å². The quantitative estimate of drug-likeness (QED) is 0.849. The van der Waals surface area contributed by atoms with Crippen LogP contribution in [0.3, 0.4) is 0 Å². The van der Waals surface area contributed by atoms with Crippen molar-refractivity contribution in [2.45, 2.75) is 37.7 Å². The number of hydrogen-bond donors (Lipinski definition) is 1. The van der Waals surface area contributed by atoms with E-state index in [2.05, 4.69) is 24.3 Å². The molecule has 1 unspecified atom stereocenters. The molecule has 1 fully saturated rings. The third kappa shape index (κ3) is 3.05. The molecule has 0 aromatic heterocycles. The average molecular weight is 287 g/mol. The molecule has 0 aliphatic heterocycles. The van der Waals surface area contributed by atoms with Crippen LogP contribution in [-0.2, 0) is 6.42 Å². The number of hydrogen-bond acceptors (Lipinski definition) is 1. The fourth-order valence-corrected chi connectivity index (χ4v) is 2.82. The van der Waals surface area contributed by atoms with Crippen LogP contribution in [0.4, 0.5) is 0 Å². The van der Waals surface area contributed by atoms with Crippen molar-refractivity contribution >= 4 is 11.6 Å². The van der Waals surface area contributed by atoms with E-state index in [9.17, 15) is 5.11 Å². The summed E-state index contributed by atoms with van der Waals surface area (Å²) >= 11 is 5.87. The Morgan fingerprint density at radius 3 is 2.20 bits per heavy atom. The summed E-state index contributed by atoms with van der Waals surface area (Å²) in [5, 5.41) is 11.0. The molecule has 2 heteroatoms. The van der Waals surface area contributed by atoms with Crippen molar-refractivity contribution < 1.29 is 5.11 Å². The average Bonchev–Trinajstić information content (AvgIpc) is 2.40. The molecule has 0 saturated heterocycles. The summed E-state index contributed by atoms with van der Waals surface area (Å²) in [5.41, 5.74) is 3.51. The summed E-state index contributed by atoms with van der Waals surface area (Å²) in [5.74, 6) is 0.748. The monoisotopic (exact) mass is 286 g/mol. The highest BCUT2D eigenvalue weighted by molar-refractivity contribution is 6.30. The van der Waals surface area contributed by atoms with Gasteiger partial charge in [-0.1, -0.05) is 54.4 Å². The maximum atomic E-state index is 10.3. The maximum Gasteiger partial charge on any atom is 0.0830 e. The first kappa shape index (κ1) is 13.7. The third-order valence-electron chi connectivity index (χ3n) is 4.24. The fraction of sp³-hybridized carbons (Fsp3) is 0.333. The number of rotatable bonds is 4. The Hall–Kier alpha value is -1.31. The van der Waals surface area contributed by atoms with E-state index < -0.39 is 6.10 Å². The zero-order valence-electron chi connectivity index (χ0n) is 11.4. The van der Waals surface area contributed by atoms with Crippen LogP contribution in [0.15, 0.2) is 48.5 Å². The van der Waals surface area contributed by atoms with E-state index in [-0.39, 0.29) is 0 Å². The second-order valence-electron chi connectivity index (χ2n) is 5.64. The van der Waals surface area contributed by atoms with Crippen LogP contribution >= 0.6 is 11.6 Å². The molecule has 20 heavy (non-hydrogen) atoms. The minimum Gasteiger partial charge on any atom is -0.388 e. The predicted octanol–water partition coefficient (Wildman–Crippen LogP) is 4.88. The largest absolute Gasteiger partial charge is 0.388 e. The van der Waals surface area contributed by atoms with Crippen LogP contribution in [-0.4, -0.2) is 5.11 Å². The third-order valence-corrected chi connectivity index (χ3v) is 4.49. The van der Waals surface area contributed by atoms with Gasteiger partial charge in [0.25, 0.3) is 0 Å². The Balaban J connectivity index is 1.66. The molecule has 1 aliphatic carbocycles. The van der Waals surface area contributed by atoms with Crippen LogP contribution in [0.5, 0.6) is 0 Å². The van der Waals surface area contributed by atoms with Gasteiger partial charge in [-0.25, -0.2) is 0 Å². The molecule has 0 bridgehead atoms. The van der Waals surface area contributed by atoms with Gasteiger partial charge < -0.3 is 5.11 Å². The predicted molar refractivity (Wildman–Crippen MR) is 83.1 cm³/mol. The van der Waals surface area contributed by atoms with Gasteiger partial charge in [0.05, 0.1) is 6.10 Å². The number of aliphatic hydroxyl groups is 1. The summed E-state index contributed by atoms with van der Waals surface area (Å²) in [4.78, 5) is 0. The molecule has 0 amide bonds. The summed E-state index contributed by atoms with van der Waals surface area (Å²) < 4.78 is 0. The van der Waals surface area contributed by atoms with Crippen LogP contribution in [0.25, 0.3) is 0 Å². The Kier molecular flexibility index (Phi) is 4.09. The van der Waals surface area contributed by atoms with E-state index in [0.717, 1.165) is 22.1 Å². The lowest BCUT2D eigenvalue weighted by molar-refractivity contribution is 0.178. The smallest absolute Gasteiger partial charge is 0.0830 e. The fourth-order valence-electron chi connectivity index (χ4n) is 2.69. The molecule has 1 saturated carbocycles. The van der Waals surface area contributed by atoms with Gasteiger partial charge in [0, 0.05) is 11.4 Å². The molecule has 0 heterocycles. The molecular weight excluding hydrogens is 268 g/mol. The molecule has 1 N–H and O–H groups in total. The zero-order valence-corrected chi connectivity index (χ0v) is 12.2. The SMILES string of the molecule is OC(Cc1ccc(Cl)cc1)c1ccc(C2CCC2)cc1. The molecule has 1 aliphatic rings.